The molecule has 6 nitrogen and oxygen atoms in total. The average molecular weight is 373 g/mol. The first-order valence-corrected chi connectivity index (χ1v) is 8.94. The summed E-state index contributed by atoms with van der Waals surface area (Å²) >= 11 is 0. The maximum Gasteiger partial charge on any atom is 0.341 e. The fourth-order valence-corrected chi connectivity index (χ4v) is 3.23. The van der Waals surface area contributed by atoms with Crippen LogP contribution in [0.2, 0.25) is 0 Å². The molecule has 140 valence electrons. The molecule has 0 unspecified atom stereocenters. The summed E-state index contributed by atoms with van der Waals surface area (Å²) in [6, 6.07) is 16.7. The highest BCUT2D eigenvalue weighted by atomic mass is 16.5. The van der Waals surface area contributed by atoms with Crippen LogP contribution in [0, 0.1) is 0 Å². The van der Waals surface area contributed by atoms with Crippen LogP contribution in [-0.2, 0) is 16.6 Å². The van der Waals surface area contributed by atoms with Gasteiger partial charge in [-0.25, -0.2) is 4.79 Å². The van der Waals surface area contributed by atoms with Crippen LogP contribution in [-0.4, -0.2) is 27.5 Å². The quantitative estimate of drug-likeness (QED) is 0.551. The Kier molecular flexibility index (Phi) is 4.53. The second-order valence-corrected chi connectivity index (χ2v) is 6.58. The van der Waals surface area contributed by atoms with E-state index < -0.39 is 18.0 Å². The van der Waals surface area contributed by atoms with E-state index in [1.807, 2.05) is 60.1 Å². The zero-order chi connectivity index (χ0) is 19.7. The summed E-state index contributed by atoms with van der Waals surface area (Å²) in [6.45, 7) is 1.56. The predicted octanol–water partition coefficient (Wildman–Crippen LogP) is 3.91. The Morgan fingerprint density at radius 1 is 1.04 bits per heavy atom. The molecule has 2 heterocycles. The summed E-state index contributed by atoms with van der Waals surface area (Å²) in [5.41, 5.74) is 2.77. The topological polar surface area (TPSA) is 73.2 Å². The number of hydrogen-bond donors (Lipinski definition) is 1. The molecule has 2 aromatic carbocycles. The van der Waals surface area contributed by atoms with Crippen molar-refractivity contribution in [1.82, 2.24) is 9.55 Å². The van der Waals surface area contributed by atoms with Gasteiger partial charge in [-0.2, -0.15) is 0 Å². The Labute approximate surface area is 161 Å². The van der Waals surface area contributed by atoms with E-state index in [2.05, 4.69) is 10.3 Å². The van der Waals surface area contributed by atoms with Gasteiger partial charge in [0.05, 0.1) is 16.8 Å². The van der Waals surface area contributed by atoms with Crippen LogP contribution in [0.3, 0.4) is 0 Å². The van der Waals surface area contributed by atoms with Gasteiger partial charge >= 0.3 is 5.97 Å². The molecular weight excluding hydrogens is 354 g/mol. The first-order chi connectivity index (χ1) is 13.5. The molecule has 0 radical (unpaired) electrons. The predicted molar refractivity (Wildman–Crippen MR) is 108 cm³/mol. The maximum atomic E-state index is 12.6. The summed E-state index contributed by atoms with van der Waals surface area (Å²) in [4.78, 5) is 29.5. The Bertz CT molecular complexity index is 1190. The smallest absolute Gasteiger partial charge is 0.341 e. The van der Waals surface area contributed by atoms with Crippen molar-refractivity contribution in [1.29, 1.82) is 0 Å². The van der Waals surface area contributed by atoms with Crippen molar-refractivity contribution in [2.24, 2.45) is 7.05 Å². The number of hydrogen-bond acceptors (Lipinski definition) is 4. The van der Waals surface area contributed by atoms with Gasteiger partial charge in [-0.05, 0) is 37.3 Å². The lowest BCUT2D eigenvalue weighted by atomic mass is 10.1. The van der Waals surface area contributed by atoms with Gasteiger partial charge in [0.2, 0.25) is 0 Å². The number of anilines is 1. The minimum absolute atomic E-state index is 0.398. The third-order valence-corrected chi connectivity index (χ3v) is 4.67. The number of ether oxygens (including phenoxy) is 1. The number of rotatable bonds is 4. The molecule has 0 fully saturated rings. The molecule has 4 rings (SSSR count). The number of nitrogens with one attached hydrogen (secondary N) is 1. The first kappa shape index (κ1) is 17.7. The third-order valence-electron chi connectivity index (χ3n) is 4.67. The molecule has 0 saturated heterocycles. The number of carbonyl (C=O) groups excluding carboxylic acids is 2. The number of esters is 1. The van der Waals surface area contributed by atoms with Gasteiger partial charge in [-0.15, -0.1) is 0 Å². The second kappa shape index (κ2) is 7.15. The van der Waals surface area contributed by atoms with Crippen LogP contribution in [0.15, 0.2) is 67.0 Å². The van der Waals surface area contributed by atoms with E-state index in [1.165, 1.54) is 0 Å². The largest absolute Gasteiger partial charge is 0.449 e. The zero-order valence-electron chi connectivity index (χ0n) is 15.5. The molecule has 0 aliphatic rings. The molecule has 6 heteroatoms. The molecule has 0 bridgehead atoms. The fraction of sp³-hybridized carbons (Fsp3) is 0.136. The van der Waals surface area contributed by atoms with E-state index >= 15 is 0 Å². The minimum atomic E-state index is -0.946. The highest BCUT2D eigenvalue weighted by molar-refractivity contribution is 6.06. The Hall–Kier alpha value is -3.67. The van der Waals surface area contributed by atoms with Crippen LogP contribution >= 0.6 is 0 Å². The van der Waals surface area contributed by atoms with Crippen molar-refractivity contribution in [3.63, 3.8) is 0 Å². The molecular formula is C22H19N3O3. The molecule has 1 atom stereocenters. The van der Waals surface area contributed by atoms with E-state index in [-0.39, 0.29) is 0 Å². The van der Waals surface area contributed by atoms with Gasteiger partial charge in [0, 0.05) is 35.7 Å². The SMILES string of the molecule is C[C@@H](OC(=O)c1cn(C)c2ccccc12)C(=O)Nc1cccc2ncccc12. The van der Waals surface area contributed by atoms with E-state index in [4.69, 9.17) is 4.74 Å². The summed E-state index contributed by atoms with van der Waals surface area (Å²) in [5, 5.41) is 4.44. The van der Waals surface area contributed by atoms with E-state index in [0.29, 0.717) is 11.3 Å². The van der Waals surface area contributed by atoms with Gasteiger partial charge in [0.15, 0.2) is 6.10 Å². The molecule has 4 aromatic rings. The van der Waals surface area contributed by atoms with Gasteiger partial charge < -0.3 is 14.6 Å². The normalized spacial score (nSPS) is 12.1. The monoisotopic (exact) mass is 373 g/mol. The summed E-state index contributed by atoms with van der Waals surface area (Å²) < 4.78 is 7.28. The Balaban J connectivity index is 1.52. The number of aromatic nitrogens is 2. The summed E-state index contributed by atoms with van der Waals surface area (Å²) in [7, 11) is 1.86. The highest BCUT2D eigenvalue weighted by Gasteiger charge is 2.22. The minimum Gasteiger partial charge on any atom is -0.449 e. The number of benzene rings is 2. The van der Waals surface area contributed by atoms with Gasteiger partial charge in [-0.1, -0.05) is 24.3 Å². The van der Waals surface area contributed by atoms with Crippen molar-refractivity contribution < 1.29 is 14.3 Å². The summed E-state index contributed by atoms with van der Waals surface area (Å²) in [5.74, 6) is -0.927. The van der Waals surface area contributed by atoms with E-state index in [9.17, 15) is 9.59 Å². The van der Waals surface area contributed by atoms with Gasteiger partial charge in [0.25, 0.3) is 5.91 Å². The molecule has 1 amide bonds. The summed E-state index contributed by atoms with van der Waals surface area (Å²) in [6.07, 6.45) is 2.47. The van der Waals surface area contributed by atoms with Crippen LogP contribution in [0.5, 0.6) is 0 Å². The first-order valence-electron chi connectivity index (χ1n) is 8.94. The lowest BCUT2D eigenvalue weighted by molar-refractivity contribution is -0.123. The van der Waals surface area contributed by atoms with Crippen LogP contribution in [0.4, 0.5) is 5.69 Å². The molecule has 1 N–H and O–H groups in total. The van der Waals surface area contributed by atoms with Crippen molar-refractivity contribution in [2.45, 2.75) is 13.0 Å². The standard InChI is InChI=1S/C22H19N3O3/c1-14(21(26)24-19-10-5-9-18-16(19)8-6-12-23-18)28-22(27)17-13-25(2)20-11-4-3-7-15(17)20/h3-14H,1-2H3,(H,24,26)/t14-/m1/s1. The van der Waals surface area contributed by atoms with Crippen LogP contribution < -0.4 is 5.32 Å². The van der Waals surface area contributed by atoms with Crippen LogP contribution in [0.1, 0.15) is 17.3 Å². The van der Waals surface area contributed by atoms with Crippen molar-refractivity contribution in [2.75, 3.05) is 5.32 Å². The number of amides is 1. The number of fused-ring (bicyclic) bond motifs is 2. The molecule has 28 heavy (non-hydrogen) atoms. The molecule has 0 saturated carbocycles. The zero-order valence-corrected chi connectivity index (χ0v) is 15.5. The van der Waals surface area contributed by atoms with Crippen molar-refractivity contribution in [3.8, 4) is 0 Å². The Morgan fingerprint density at radius 2 is 1.82 bits per heavy atom. The maximum absolute atomic E-state index is 12.6. The van der Waals surface area contributed by atoms with Gasteiger partial charge in [-0.3, -0.25) is 9.78 Å². The van der Waals surface area contributed by atoms with E-state index in [0.717, 1.165) is 21.8 Å². The second-order valence-electron chi connectivity index (χ2n) is 6.58. The van der Waals surface area contributed by atoms with Crippen molar-refractivity contribution >= 4 is 39.4 Å². The molecule has 0 aliphatic heterocycles. The van der Waals surface area contributed by atoms with Crippen LogP contribution in [0.25, 0.3) is 21.8 Å². The molecule has 0 spiro atoms. The molecule has 2 aromatic heterocycles. The lowest BCUT2D eigenvalue weighted by Gasteiger charge is -2.14. The number of nitrogens with zero attached hydrogens (tertiary/aromatic N) is 2. The van der Waals surface area contributed by atoms with Gasteiger partial charge in [0.1, 0.15) is 0 Å². The fourth-order valence-electron chi connectivity index (χ4n) is 3.23. The number of carbonyl (C=O) groups is 2. The average Bonchev–Trinajstić information content (AvgIpc) is 3.05. The third kappa shape index (κ3) is 3.20. The Morgan fingerprint density at radius 3 is 2.68 bits per heavy atom. The number of aryl methyl sites for hydroxylation is 1. The van der Waals surface area contributed by atoms with Crippen molar-refractivity contribution in [3.05, 3.63) is 72.6 Å². The van der Waals surface area contributed by atoms with E-state index in [1.54, 1.807) is 25.4 Å². The number of para-hydroxylation sites is 1. The molecule has 0 aliphatic carbocycles. The highest BCUT2D eigenvalue weighted by Crippen LogP contribution is 2.23. The number of pyridine rings is 1. The lowest BCUT2D eigenvalue weighted by Crippen LogP contribution is -2.30.